The zero-order chi connectivity index (χ0) is 19.7. The Morgan fingerprint density at radius 1 is 1.07 bits per heavy atom. The molecule has 0 atom stereocenters. The van der Waals surface area contributed by atoms with Crippen LogP contribution in [0.4, 0.5) is 18.9 Å². The fourth-order valence-corrected chi connectivity index (χ4v) is 3.91. The maximum atomic E-state index is 12.8. The van der Waals surface area contributed by atoms with Crippen molar-refractivity contribution in [2.75, 3.05) is 4.72 Å². The lowest BCUT2D eigenvalue weighted by Gasteiger charge is -2.12. The van der Waals surface area contributed by atoms with E-state index in [0.717, 1.165) is 6.07 Å². The molecule has 0 spiro atoms. The van der Waals surface area contributed by atoms with Crippen molar-refractivity contribution < 1.29 is 26.1 Å². The van der Waals surface area contributed by atoms with E-state index in [9.17, 15) is 21.6 Å². The third-order valence-electron chi connectivity index (χ3n) is 3.85. The Bertz CT molecular complexity index is 1050. The molecular weight excluding hydrogens is 381 g/mol. The highest BCUT2D eigenvalue weighted by molar-refractivity contribution is 7.92. The minimum atomic E-state index is -4.67. The summed E-state index contributed by atoms with van der Waals surface area (Å²) in [5.74, 6) is -1.25. The molecule has 0 aliphatic carbocycles. The number of nitrogens with zero attached hydrogens (tertiary/aromatic N) is 1. The number of halogens is 3. The molecule has 0 fully saturated rings. The van der Waals surface area contributed by atoms with Gasteiger partial charge in [-0.15, -0.1) is 0 Å². The molecule has 2 aromatic carbocycles. The van der Waals surface area contributed by atoms with E-state index in [2.05, 4.69) is 14.4 Å². The van der Waals surface area contributed by atoms with Gasteiger partial charge in [0.05, 0.1) is 4.90 Å². The van der Waals surface area contributed by atoms with Crippen molar-refractivity contribution in [1.29, 1.82) is 0 Å². The summed E-state index contributed by atoms with van der Waals surface area (Å²) in [4.78, 5) is -0.0251. The van der Waals surface area contributed by atoms with Gasteiger partial charge in [-0.1, -0.05) is 42.4 Å². The topological polar surface area (TPSA) is 72.2 Å². The van der Waals surface area contributed by atoms with Gasteiger partial charge in [0, 0.05) is 17.3 Å². The first-order valence-corrected chi connectivity index (χ1v) is 9.44. The molecule has 0 unspecified atom stereocenters. The number of rotatable bonds is 5. The molecule has 0 saturated carbocycles. The Labute approximate surface area is 153 Å². The number of aromatic nitrogens is 1. The Morgan fingerprint density at radius 2 is 1.78 bits per heavy atom. The smallest absolute Gasteiger partial charge is 0.351 e. The molecule has 1 aromatic heterocycles. The lowest BCUT2D eigenvalue weighted by molar-refractivity contribution is -0.155. The van der Waals surface area contributed by atoms with Crippen LogP contribution in [0.2, 0.25) is 0 Å². The largest absolute Gasteiger partial charge is 0.452 e. The van der Waals surface area contributed by atoms with Crippen LogP contribution in [-0.4, -0.2) is 13.6 Å². The van der Waals surface area contributed by atoms with Crippen LogP contribution in [0.5, 0.6) is 0 Å². The normalized spacial score (nSPS) is 12.1. The van der Waals surface area contributed by atoms with E-state index in [4.69, 9.17) is 0 Å². The maximum absolute atomic E-state index is 12.8. The second-order valence-electron chi connectivity index (χ2n) is 5.72. The van der Waals surface area contributed by atoms with Crippen LogP contribution >= 0.6 is 0 Å². The number of anilines is 1. The number of sulfonamides is 1. The Morgan fingerprint density at radius 3 is 2.37 bits per heavy atom. The summed E-state index contributed by atoms with van der Waals surface area (Å²) in [6.45, 7) is 1.79. The third kappa shape index (κ3) is 4.13. The van der Waals surface area contributed by atoms with E-state index in [-0.39, 0.29) is 16.2 Å². The SMILES string of the molecule is CCc1ccc(-c2cc(C(F)(F)F)on2)cc1S(=O)(=O)Nc1ccccc1. The minimum absolute atomic E-state index is 0.0251. The molecule has 1 heterocycles. The maximum Gasteiger partial charge on any atom is 0.452 e. The number of benzene rings is 2. The zero-order valence-electron chi connectivity index (χ0n) is 14.1. The van der Waals surface area contributed by atoms with E-state index < -0.39 is 22.0 Å². The van der Waals surface area contributed by atoms with Gasteiger partial charge in [-0.05, 0) is 30.2 Å². The molecule has 9 heteroatoms. The molecule has 27 heavy (non-hydrogen) atoms. The molecule has 1 N–H and O–H groups in total. The van der Waals surface area contributed by atoms with Crippen LogP contribution < -0.4 is 4.72 Å². The molecule has 0 bridgehead atoms. The van der Waals surface area contributed by atoms with Gasteiger partial charge in [-0.3, -0.25) is 4.72 Å². The number of hydrogen-bond acceptors (Lipinski definition) is 4. The summed E-state index contributed by atoms with van der Waals surface area (Å²) in [6.07, 6.45) is -4.24. The first kappa shape index (κ1) is 19.0. The number of aryl methyl sites for hydroxylation is 1. The van der Waals surface area contributed by atoms with Gasteiger partial charge in [-0.25, -0.2) is 8.42 Å². The van der Waals surface area contributed by atoms with Gasteiger partial charge in [0.25, 0.3) is 10.0 Å². The van der Waals surface area contributed by atoms with Crippen LogP contribution in [0.3, 0.4) is 0 Å². The van der Waals surface area contributed by atoms with Crippen molar-refractivity contribution in [1.82, 2.24) is 5.16 Å². The summed E-state index contributed by atoms with van der Waals surface area (Å²) in [5, 5.41) is 3.41. The van der Waals surface area contributed by atoms with Gasteiger partial charge < -0.3 is 4.52 Å². The van der Waals surface area contributed by atoms with Crippen LogP contribution in [-0.2, 0) is 22.6 Å². The number of para-hydroxylation sites is 1. The van der Waals surface area contributed by atoms with Crippen LogP contribution in [0.25, 0.3) is 11.3 Å². The molecular formula is C18H15F3N2O3S. The number of alkyl halides is 3. The molecule has 3 aromatic rings. The molecule has 0 aliphatic rings. The Balaban J connectivity index is 2.02. The van der Waals surface area contributed by atoms with E-state index in [1.807, 2.05) is 0 Å². The van der Waals surface area contributed by atoms with E-state index in [0.29, 0.717) is 17.7 Å². The van der Waals surface area contributed by atoms with Gasteiger partial charge in [-0.2, -0.15) is 13.2 Å². The average molecular weight is 396 g/mol. The first-order valence-electron chi connectivity index (χ1n) is 7.96. The highest BCUT2D eigenvalue weighted by Gasteiger charge is 2.36. The predicted molar refractivity (Wildman–Crippen MR) is 93.6 cm³/mol. The third-order valence-corrected chi connectivity index (χ3v) is 5.31. The van der Waals surface area contributed by atoms with Crippen LogP contribution in [0, 0.1) is 0 Å². The van der Waals surface area contributed by atoms with Crippen molar-refractivity contribution in [2.45, 2.75) is 24.4 Å². The van der Waals surface area contributed by atoms with Crippen molar-refractivity contribution in [3.8, 4) is 11.3 Å². The van der Waals surface area contributed by atoms with Crippen molar-refractivity contribution in [3.63, 3.8) is 0 Å². The van der Waals surface area contributed by atoms with Gasteiger partial charge >= 0.3 is 6.18 Å². The molecule has 0 radical (unpaired) electrons. The lowest BCUT2D eigenvalue weighted by atomic mass is 10.1. The highest BCUT2D eigenvalue weighted by Crippen LogP contribution is 2.33. The van der Waals surface area contributed by atoms with E-state index >= 15 is 0 Å². The number of nitrogens with one attached hydrogen (secondary N) is 1. The first-order chi connectivity index (χ1) is 12.7. The quantitative estimate of drug-likeness (QED) is 0.677. The fourth-order valence-electron chi connectivity index (χ4n) is 2.52. The summed E-state index contributed by atoms with van der Waals surface area (Å²) < 4.78 is 70.5. The average Bonchev–Trinajstić information content (AvgIpc) is 3.12. The highest BCUT2D eigenvalue weighted by atomic mass is 32.2. The molecule has 0 saturated heterocycles. The van der Waals surface area contributed by atoms with Crippen molar-refractivity contribution in [3.05, 3.63) is 65.9 Å². The fraction of sp³-hybridized carbons (Fsp3) is 0.167. The van der Waals surface area contributed by atoms with Crippen LogP contribution in [0.1, 0.15) is 18.2 Å². The molecule has 3 rings (SSSR count). The summed E-state index contributed by atoms with van der Waals surface area (Å²) in [6, 6.07) is 13.4. The monoisotopic (exact) mass is 396 g/mol. The van der Waals surface area contributed by atoms with Crippen LogP contribution in [0.15, 0.2) is 64.0 Å². The summed E-state index contributed by atoms with van der Waals surface area (Å²) in [5.41, 5.74) is 1.02. The molecule has 142 valence electrons. The Kier molecular flexibility index (Phi) is 4.97. The Hall–Kier alpha value is -2.81. The zero-order valence-corrected chi connectivity index (χ0v) is 14.9. The van der Waals surface area contributed by atoms with E-state index in [1.54, 1.807) is 43.3 Å². The van der Waals surface area contributed by atoms with Crippen molar-refractivity contribution in [2.24, 2.45) is 0 Å². The predicted octanol–water partition coefficient (Wildman–Crippen LogP) is 4.72. The second-order valence-corrected chi connectivity index (χ2v) is 7.37. The van der Waals surface area contributed by atoms with Gasteiger partial charge in [0.15, 0.2) is 0 Å². The minimum Gasteiger partial charge on any atom is -0.351 e. The second kappa shape index (κ2) is 7.07. The number of hydrogen-bond donors (Lipinski definition) is 1. The van der Waals surface area contributed by atoms with Crippen molar-refractivity contribution >= 4 is 15.7 Å². The van der Waals surface area contributed by atoms with E-state index in [1.165, 1.54) is 12.1 Å². The lowest BCUT2D eigenvalue weighted by Crippen LogP contribution is -2.15. The molecule has 0 amide bonds. The standard InChI is InChI=1S/C18H15F3N2O3S/c1-2-12-8-9-13(15-11-17(26-22-15)18(19,20)21)10-16(12)27(24,25)23-14-6-4-3-5-7-14/h3-11,23H,2H2,1H3. The van der Waals surface area contributed by atoms with Gasteiger partial charge in [0.1, 0.15) is 5.69 Å². The van der Waals surface area contributed by atoms with Gasteiger partial charge in [0.2, 0.25) is 5.76 Å². The summed E-state index contributed by atoms with van der Waals surface area (Å²) >= 11 is 0. The molecule has 0 aliphatic heterocycles. The summed E-state index contributed by atoms with van der Waals surface area (Å²) in [7, 11) is -3.94. The molecule has 5 nitrogen and oxygen atoms in total.